The highest BCUT2D eigenvalue weighted by Gasteiger charge is 2.33. The van der Waals surface area contributed by atoms with E-state index in [0.29, 0.717) is 13.0 Å². The van der Waals surface area contributed by atoms with Crippen LogP contribution in [0.25, 0.3) is 0 Å². The molecule has 1 aromatic carbocycles. The number of pyridine rings is 1. The maximum absolute atomic E-state index is 12.3. The zero-order valence-corrected chi connectivity index (χ0v) is 14.8. The molecular formula is C20H23N3O2. The van der Waals surface area contributed by atoms with E-state index < -0.39 is 5.92 Å². The maximum Gasteiger partial charge on any atom is 0.232 e. The molecule has 130 valence electrons. The second-order valence-corrected chi connectivity index (χ2v) is 6.66. The molecule has 2 aromatic rings. The van der Waals surface area contributed by atoms with Crippen LogP contribution in [-0.4, -0.2) is 23.3 Å². The van der Waals surface area contributed by atoms with Gasteiger partial charge in [0.1, 0.15) is 0 Å². The number of hydrogen-bond acceptors (Lipinski definition) is 3. The topological polar surface area (TPSA) is 71.1 Å². The standard InChI is InChI=1S/C20H23N3O2/c1-12-9-14(3)19-15(20(25)23-17(19)10-12)11-18(24)22-8-6-16-13(2)5-4-7-21-16/h4-5,7,9-10,15H,6,8,11H2,1-3H3,(H,22,24)(H,23,25)/t15-/m0/s1. The van der Waals surface area contributed by atoms with E-state index in [1.165, 1.54) is 0 Å². The summed E-state index contributed by atoms with van der Waals surface area (Å²) >= 11 is 0. The van der Waals surface area contributed by atoms with Crippen molar-refractivity contribution >= 4 is 17.5 Å². The molecule has 0 unspecified atom stereocenters. The maximum atomic E-state index is 12.3. The number of hydrogen-bond donors (Lipinski definition) is 2. The highest BCUT2D eigenvalue weighted by atomic mass is 16.2. The molecule has 25 heavy (non-hydrogen) atoms. The first-order chi connectivity index (χ1) is 12.0. The highest BCUT2D eigenvalue weighted by Crippen LogP contribution is 2.37. The second kappa shape index (κ2) is 7.05. The molecule has 5 nitrogen and oxygen atoms in total. The molecule has 0 aliphatic carbocycles. The number of nitrogens with one attached hydrogen (secondary N) is 2. The molecule has 2 N–H and O–H groups in total. The molecule has 3 rings (SSSR count). The van der Waals surface area contributed by atoms with Crippen molar-refractivity contribution in [3.63, 3.8) is 0 Å². The van der Waals surface area contributed by atoms with Gasteiger partial charge in [-0.1, -0.05) is 12.1 Å². The van der Waals surface area contributed by atoms with Gasteiger partial charge in [0.2, 0.25) is 11.8 Å². The van der Waals surface area contributed by atoms with E-state index >= 15 is 0 Å². The van der Waals surface area contributed by atoms with Gasteiger partial charge < -0.3 is 10.6 Å². The first-order valence-electron chi connectivity index (χ1n) is 8.55. The number of carbonyl (C=O) groups excluding carboxylic acids is 2. The number of nitrogens with zero attached hydrogens (tertiary/aromatic N) is 1. The molecule has 0 spiro atoms. The first kappa shape index (κ1) is 17.1. The zero-order chi connectivity index (χ0) is 18.0. The molecule has 1 aliphatic rings. The van der Waals surface area contributed by atoms with Gasteiger partial charge >= 0.3 is 0 Å². The Hall–Kier alpha value is -2.69. The lowest BCUT2D eigenvalue weighted by Gasteiger charge is -2.12. The summed E-state index contributed by atoms with van der Waals surface area (Å²) in [6.07, 6.45) is 2.61. The van der Waals surface area contributed by atoms with Crippen molar-refractivity contribution in [3.8, 4) is 0 Å². The van der Waals surface area contributed by atoms with Crippen molar-refractivity contribution in [2.75, 3.05) is 11.9 Å². The van der Waals surface area contributed by atoms with E-state index in [1.54, 1.807) is 6.20 Å². The van der Waals surface area contributed by atoms with Gasteiger partial charge in [0.15, 0.2) is 0 Å². The molecule has 0 bridgehead atoms. The third kappa shape index (κ3) is 3.71. The lowest BCUT2D eigenvalue weighted by molar-refractivity contribution is -0.125. The Bertz CT molecular complexity index is 830. The fourth-order valence-corrected chi connectivity index (χ4v) is 3.45. The summed E-state index contributed by atoms with van der Waals surface area (Å²) in [7, 11) is 0. The summed E-state index contributed by atoms with van der Waals surface area (Å²) in [6.45, 7) is 6.51. The molecule has 1 aromatic heterocycles. The third-order valence-corrected chi connectivity index (χ3v) is 4.65. The number of carbonyl (C=O) groups is 2. The van der Waals surface area contributed by atoms with Gasteiger partial charge in [0.05, 0.1) is 5.92 Å². The minimum atomic E-state index is -0.410. The van der Waals surface area contributed by atoms with Crippen molar-refractivity contribution < 1.29 is 9.59 Å². The van der Waals surface area contributed by atoms with Crippen molar-refractivity contribution in [1.29, 1.82) is 0 Å². The predicted molar refractivity (Wildman–Crippen MR) is 97.6 cm³/mol. The van der Waals surface area contributed by atoms with Gasteiger partial charge in [-0.05, 0) is 55.2 Å². The Balaban J connectivity index is 1.61. The van der Waals surface area contributed by atoms with Gasteiger partial charge in [-0.3, -0.25) is 14.6 Å². The molecule has 0 saturated carbocycles. The summed E-state index contributed by atoms with van der Waals surface area (Å²) in [6, 6.07) is 7.92. The summed E-state index contributed by atoms with van der Waals surface area (Å²) in [4.78, 5) is 28.9. The van der Waals surface area contributed by atoms with E-state index in [-0.39, 0.29) is 18.2 Å². The molecule has 0 radical (unpaired) electrons. The SMILES string of the molecule is Cc1cc(C)c2c(c1)NC(=O)[C@H]2CC(=O)NCCc1ncccc1C. The summed E-state index contributed by atoms with van der Waals surface area (Å²) in [5.74, 6) is -0.617. The van der Waals surface area contributed by atoms with Gasteiger partial charge in [0.25, 0.3) is 0 Å². The van der Waals surface area contributed by atoms with Gasteiger partial charge in [-0.2, -0.15) is 0 Å². The first-order valence-corrected chi connectivity index (χ1v) is 8.55. The van der Waals surface area contributed by atoms with Crippen LogP contribution in [0.5, 0.6) is 0 Å². The Labute approximate surface area is 147 Å². The number of amides is 2. The quantitative estimate of drug-likeness (QED) is 0.881. The van der Waals surface area contributed by atoms with Crippen LogP contribution in [0.2, 0.25) is 0 Å². The largest absolute Gasteiger partial charge is 0.356 e. The van der Waals surface area contributed by atoms with E-state index in [4.69, 9.17) is 0 Å². The molecule has 1 aliphatic heterocycles. The normalized spacial score (nSPS) is 15.6. The van der Waals surface area contributed by atoms with Crippen molar-refractivity contribution in [2.24, 2.45) is 0 Å². The number of benzene rings is 1. The van der Waals surface area contributed by atoms with Crippen LogP contribution in [0.3, 0.4) is 0 Å². The second-order valence-electron chi connectivity index (χ2n) is 6.66. The minimum absolute atomic E-state index is 0.0978. The van der Waals surface area contributed by atoms with Crippen LogP contribution in [-0.2, 0) is 16.0 Å². The van der Waals surface area contributed by atoms with Gasteiger partial charge in [-0.25, -0.2) is 0 Å². The van der Waals surface area contributed by atoms with Gasteiger partial charge in [0, 0.05) is 37.0 Å². The molecule has 2 amide bonds. The van der Waals surface area contributed by atoms with Crippen molar-refractivity contribution in [3.05, 3.63) is 58.4 Å². The summed E-state index contributed by atoms with van der Waals surface area (Å²) in [5, 5.41) is 5.80. The number of anilines is 1. The third-order valence-electron chi connectivity index (χ3n) is 4.65. The molecule has 5 heteroatoms. The Morgan fingerprint density at radius 1 is 1.24 bits per heavy atom. The van der Waals surface area contributed by atoms with E-state index in [0.717, 1.165) is 33.6 Å². The minimum Gasteiger partial charge on any atom is -0.356 e. The smallest absolute Gasteiger partial charge is 0.232 e. The van der Waals surface area contributed by atoms with E-state index in [9.17, 15) is 9.59 Å². The molecule has 1 atom stereocenters. The fourth-order valence-electron chi connectivity index (χ4n) is 3.45. The zero-order valence-electron chi connectivity index (χ0n) is 14.8. The van der Waals surface area contributed by atoms with E-state index in [1.807, 2.05) is 45.0 Å². The number of fused-ring (bicyclic) bond motifs is 1. The Morgan fingerprint density at radius 2 is 2.04 bits per heavy atom. The molecule has 0 fully saturated rings. The van der Waals surface area contributed by atoms with Crippen LogP contribution >= 0.6 is 0 Å². The Kier molecular flexibility index (Phi) is 4.83. The summed E-state index contributed by atoms with van der Waals surface area (Å²) < 4.78 is 0. The van der Waals surface area contributed by atoms with Crippen molar-refractivity contribution in [1.82, 2.24) is 10.3 Å². The van der Waals surface area contributed by atoms with Crippen LogP contribution in [0.1, 0.15) is 40.3 Å². The van der Waals surface area contributed by atoms with Crippen LogP contribution in [0.4, 0.5) is 5.69 Å². The predicted octanol–water partition coefficient (Wildman–Crippen LogP) is 2.79. The van der Waals surface area contributed by atoms with Crippen LogP contribution < -0.4 is 10.6 Å². The average Bonchev–Trinajstić information content (AvgIpc) is 2.85. The van der Waals surface area contributed by atoms with Crippen molar-refractivity contribution in [2.45, 2.75) is 39.5 Å². The highest BCUT2D eigenvalue weighted by molar-refractivity contribution is 6.05. The van der Waals surface area contributed by atoms with Crippen LogP contribution in [0, 0.1) is 20.8 Å². The molecule has 2 heterocycles. The lowest BCUT2D eigenvalue weighted by Crippen LogP contribution is -2.29. The lowest BCUT2D eigenvalue weighted by atomic mass is 9.92. The van der Waals surface area contributed by atoms with Gasteiger partial charge in [-0.15, -0.1) is 0 Å². The molecular weight excluding hydrogens is 314 g/mol. The number of rotatable bonds is 5. The summed E-state index contributed by atoms with van der Waals surface area (Å²) in [5.41, 5.74) is 6.04. The number of aromatic nitrogens is 1. The molecule has 0 saturated heterocycles. The van der Waals surface area contributed by atoms with E-state index in [2.05, 4.69) is 15.6 Å². The monoisotopic (exact) mass is 337 g/mol. The average molecular weight is 337 g/mol. The Morgan fingerprint density at radius 3 is 2.80 bits per heavy atom. The van der Waals surface area contributed by atoms with Crippen LogP contribution in [0.15, 0.2) is 30.5 Å². The fraction of sp³-hybridized carbons (Fsp3) is 0.350. The number of aryl methyl sites for hydroxylation is 3.